The highest BCUT2D eigenvalue weighted by Gasteiger charge is 2.28. The molecule has 0 saturated carbocycles. The lowest BCUT2D eigenvalue weighted by Gasteiger charge is -2.14. The highest BCUT2D eigenvalue weighted by Crippen LogP contribution is 2.26. The number of nitrogens with one attached hydrogen (secondary N) is 1. The average Bonchev–Trinajstić information content (AvgIpc) is 2.34. The van der Waals surface area contributed by atoms with E-state index in [-0.39, 0.29) is 24.3 Å². The first kappa shape index (κ1) is 16.3. The van der Waals surface area contributed by atoms with Crippen molar-refractivity contribution in [3.05, 3.63) is 24.3 Å². The second-order valence-corrected chi connectivity index (χ2v) is 4.34. The molecule has 0 fully saturated rings. The molecule has 4 nitrogen and oxygen atoms in total. The van der Waals surface area contributed by atoms with Gasteiger partial charge in [-0.25, -0.2) is 0 Å². The molecule has 0 aromatic heterocycles. The van der Waals surface area contributed by atoms with Gasteiger partial charge in [0.15, 0.2) is 6.61 Å². The van der Waals surface area contributed by atoms with E-state index in [1.165, 1.54) is 18.2 Å². The molecular formula is C13H16F3NO3. The van der Waals surface area contributed by atoms with Crippen LogP contribution < -0.4 is 10.1 Å². The van der Waals surface area contributed by atoms with Gasteiger partial charge in [-0.05, 0) is 25.5 Å². The molecule has 1 rings (SSSR count). The molecule has 112 valence electrons. The summed E-state index contributed by atoms with van der Waals surface area (Å²) in [5.41, 5.74) is 0.173. The van der Waals surface area contributed by atoms with Gasteiger partial charge in [0.1, 0.15) is 5.75 Å². The Morgan fingerprint density at radius 1 is 1.40 bits per heavy atom. The molecule has 2 N–H and O–H groups in total. The second kappa shape index (κ2) is 7.14. The van der Waals surface area contributed by atoms with Crippen LogP contribution in [-0.4, -0.2) is 29.9 Å². The number of carbonyl (C=O) groups excluding carboxylic acids is 1. The summed E-state index contributed by atoms with van der Waals surface area (Å²) in [6.45, 7) is 0.126. The summed E-state index contributed by atoms with van der Waals surface area (Å²) in [5, 5.41) is 11.5. The number of aliphatic hydroxyl groups is 1. The van der Waals surface area contributed by atoms with Gasteiger partial charge in [0, 0.05) is 6.42 Å². The van der Waals surface area contributed by atoms with Crippen molar-refractivity contribution in [3.8, 4) is 5.75 Å². The Bertz CT molecular complexity index is 447. The summed E-state index contributed by atoms with van der Waals surface area (Å²) in [5.74, 6) is -0.441. The van der Waals surface area contributed by atoms with Crippen LogP contribution in [0.5, 0.6) is 5.75 Å². The number of carbonyl (C=O) groups is 1. The highest BCUT2D eigenvalue weighted by atomic mass is 19.4. The third-order valence-corrected chi connectivity index (χ3v) is 2.34. The summed E-state index contributed by atoms with van der Waals surface area (Å²) in [4.78, 5) is 11.6. The minimum Gasteiger partial charge on any atom is -0.482 e. The molecule has 0 aliphatic heterocycles. The van der Waals surface area contributed by atoms with Crippen molar-refractivity contribution in [3.63, 3.8) is 0 Å². The Kier molecular flexibility index (Phi) is 5.82. The molecule has 1 aromatic rings. The van der Waals surface area contributed by atoms with E-state index in [9.17, 15) is 18.0 Å². The average molecular weight is 291 g/mol. The molecule has 0 aliphatic carbocycles. The smallest absolute Gasteiger partial charge is 0.422 e. The Labute approximate surface area is 114 Å². The van der Waals surface area contributed by atoms with Crippen molar-refractivity contribution < 1.29 is 27.8 Å². The number of alkyl halides is 3. The zero-order valence-electron chi connectivity index (χ0n) is 10.9. The van der Waals surface area contributed by atoms with Gasteiger partial charge in [0.2, 0.25) is 5.91 Å². The lowest BCUT2D eigenvalue weighted by atomic mass is 10.2. The van der Waals surface area contributed by atoms with Crippen LogP contribution >= 0.6 is 0 Å². The van der Waals surface area contributed by atoms with E-state index in [2.05, 4.69) is 10.1 Å². The number of hydrogen-bond donors (Lipinski definition) is 2. The van der Waals surface area contributed by atoms with Gasteiger partial charge < -0.3 is 15.2 Å². The number of rotatable bonds is 6. The zero-order chi connectivity index (χ0) is 15.2. The predicted octanol–water partition coefficient (Wildman–Crippen LogP) is 2.73. The fourth-order valence-corrected chi connectivity index (χ4v) is 1.41. The third kappa shape index (κ3) is 6.42. The van der Waals surface area contributed by atoms with Crippen molar-refractivity contribution in [1.29, 1.82) is 0 Å². The minimum absolute atomic E-state index is 0.0461. The van der Waals surface area contributed by atoms with Gasteiger partial charge in [0.25, 0.3) is 0 Å². The summed E-state index contributed by atoms with van der Waals surface area (Å²) < 4.78 is 41.0. The normalized spacial score (nSPS) is 12.8. The van der Waals surface area contributed by atoms with Gasteiger partial charge in [0.05, 0.1) is 11.8 Å². The van der Waals surface area contributed by atoms with Gasteiger partial charge in [-0.2, -0.15) is 13.2 Å². The van der Waals surface area contributed by atoms with Crippen LogP contribution in [0.4, 0.5) is 18.9 Å². The van der Waals surface area contributed by atoms with Crippen molar-refractivity contribution in [2.24, 2.45) is 0 Å². The Balaban J connectivity index is 2.63. The lowest BCUT2D eigenvalue weighted by molar-refractivity contribution is -0.153. The minimum atomic E-state index is -4.44. The molecule has 1 atom stereocenters. The third-order valence-electron chi connectivity index (χ3n) is 2.34. The number of para-hydroxylation sites is 2. The van der Waals surface area contributed by atoms with Crippen LogP contribution in [0, 0.1) is 0 Å². The first-order chi connectivity index (χ1) is 9.28. The van der Waals surface area contributed by atoms with Crippen LogP contribution in [0.1, 0.15) is 19.8 Å². The van der Waals surface area contributed by atoms with Gasteiger partial charge in [-0.1, -0.05) is 12.1 Å². The van der Waals surface area contributed by atoms with Crippen LogP contribution in [0.2, 0.25) is 0 Å². The lowest BCUT2D eigenvalue weighted by Crippen LogP contribution is -2.20. The number of ether oxygens (including phenoxy) is 1. The van der Waals surface area contributed by atoms with Crippen LogP contribution in [0.15, 0.2) is 24.3 Å². The molecule has 0 spiro atoms. The Morgan fingerprint density at radius 3 is 2.65 bits per heavy atom. The summed E-state index contributed by atoms with van der Waals surface area (Å²) in [6, 6.07) is 5.88. The second-order valence-electron chi connectivity index (χ2n) is 4.34. The number of halogens is 3. The number of anilines is 1. The van der Waals surface area contributed by atoms with E-state index in [0.29, 0.717) is 0 Å². The largest absolute Gasteiger partial charge is 0.482 e. The van der Waals surface area contributed by atoms with Crippen molar-refractivity contribution in [2.45, 2.75) is 32.0 Å². The molecule has 1 unspecified atom stereocenters. The van der Waals surface area contributed by atoms with Crippen LogP contribution in [0.25, 0.3) is 0 Å². The van der Waals surface area contributed by atoms with E-state index in [0.717, 1.165) is 0 Å². The maximum atomic E-state index is 12.1. The highest BCUT2D eigenvalue weighted by molar-refractivity contribution is 5.92. The fourth-order valence-electron chi connectivity index (χ4n) is 1.41. The number of benzene rings is 1. The van der Waals surface area contributed by atoms with Gasteiger partial charge >= 0.3 is 6.18 Å². The van der Waals surface area contributed by atoms with Crippen molar-refractivity contribution in [2.75, 3.05) is 11.9 Å². The van der Waals surface area contributed by atoms with E-state index in [1.807, 2.05) is 0 Å². The molecule has 7 heteroatoms. The Morgan fingerprint density at radius 2 is 2.05 bits per heavy atom. The molecular weight excluding hydrogens is 275 g/mol. The first-order valence-corrected chi connectivity index (χ1v) is 6.04. The SMILES string of the molecule is CC(O)CCC(=O)Nc1ccccc1OCC(F)(F)F. The summed E-state index contributed by atoms with van der Waals surface area (Å²) in [7, 11) is 0. The van der Waals surface area contributed by atoms with E-state index < -0.39 is 24.8 Å². The van der Waals surface area contributed by atoms with Crippen LogP contribution in [0.3, 0.4) is 0 Å². The van der Waals surface area contributed by atoms with Gasteiger partial charge in [-0.3, -0.25) is 4.79 Å². The monoisotopic (exact) mass is 291 g/mol. The van der Waals surface area contributed by atoms with E-state index in [4.69, 9.17) is 5.11 Å². The fraction of sp³-hybridized carbons (Fsp3) is 0.462. The quantitative estimate of drug-likeness (QED) is 0.847. The maximum Gasteiger partial charge on any atom is 0.422 e. The standard InChI is InChI=1S/C13H16F3NO3/c1-9(18)6-7-12(19)17-10-4-2-3-5-11(10)20-8-13(14,15)16/h2-5,9,18H,6-8H2,1H3,(H,17,19). The zero-order valence-corrected chi connectivity index (χ0v) is 10.9. The number of hydrogen-bond acceptors (Lipinski definition) is 3. The molecule has 0 bridgehead atoms. The molecule has 1 aromatic carbocycles. The molecule has 0 saturated heterocycles. The Hall–Kier alpha value is -1.76. The first-order valence-electron chi connectivity index (χ1n) is 6.04. The topological polar surface area (TPSA) is 58.6 Å². The molecule has 0 heterocycles. The molecule has 0 radical (unpaired) electrons. The number of amides is 1. The summed E-state index contributed by atoms with van der Waals surface area (Å²) in [6.07, 6.45) is -4.70. The van der Waals surface area contributed by atoms with E-state index in [1.54, 1.807) is 13.0 Å². The maximum absolute atomic E-state index is 12.1. The van der Waals surface area contributed by atoms with Gasteiger partial charge in [-0.15, -0.1) is 0 Å². The predicted molar refractivity (Wildman–Crippen MR) is 67.5 cm³/mol. The number of aliphatic hydroxyl groups excluding tert-OH is 1. The van der Waals surface area contributed by atoms with E-state index >= 15 is 0 Å². The van der Waals surface area contributed by atoms with Crippen molar-refractivity contribution in [1.82, 2.24) is 0 Å². The molecule has 20 heavy (non-hydrogen) atoms. The summed E-state index contributed by atoms with van der Waals surface area (Å²) >= 11 is 0. The van der Waals surface area contributed by atoms with Crippen molar-refractivity contribution >= 4 is 11.6 Å². The molecule has 0 aliphatic rings. The molecule has 1 amide bonds. The van der Waals surface area contributed by atoms with Crippen LogP contribution in [-0.2, 0) is 4.79 Å².